The average molecular weight is 257 g/mol. The van der Waals surface area contributed by atoms with Crippen LogP contribution in [0.25, 0.3) is 5.52 Å². The smallest absolute Gasteiger partial charge is 0.0455 e. The summed E-state index contributed by atoms with van der Waals surface area (Å²) < 4.78 is 2.37. The first kappa shape index (κ1) is 12.7. The predicted molar refractivity (Wildman–Crippen MR) is 79.6 cm³/mol. The van der Waals surface area contributed by atoms with Crippen LogP contribution in [0.3, 0.4) is 0 Å². The minimum Gasteiger partial charge on any atom is -0.329 e. The molecule has 0 radical (unpaired) electrons. The molecule has 0 amide bonds. The highest BCUT2D eigenvalue weighted by Crippen LogP contribution is 2.31. The molecule has 0 aromatic carbocycles. The lowest BCUT2D eigenvalue weighted by Crippen LogP contribution is -2.36. The molecule has 1 aliphatic rings. The van der Waals surface area contributed by atoms with E-state index in [1.165, 1.54) is 42.7 Å². The standard InChI is InChI=1S/C16H23N3/c1-13-12-15-4-2-3-8-19(15)16(13)14-5-9-18(10-6-14)11-7-17/h2-4,8,12,14H,5-7,9-11,17H2,1H3. The molecule has 1 saturated heterocycles. The number of hydrogen-bond acceptors (Lipinski definition) is 2. The fourth-order valence-corrected chi connectivity index (χ4v) is 3.41. The molecule has 3 rings (SSSR count). The number of hydrogen-bond donors (Lipinski definition) is 1. The van der Waals surface area contributed by atoms with Crippen molar-refractivity contribution in [3.8, 4) is 0 Å². The Kier molecular flexibility index (Phi) is 3.58. The Bertz CT molecular complexity index is 550. The van der Waals surface area contributed by atoms with Gasteiger partial charge in [-0.25, -0.2) is 0 Å². The molecule has 0 unspecified atom stereocenters. The van der Waals surface area contributed by atoms with Crippen LogP contribution in [0, 0.1) is 6.92 Å². The van der Waals surface area contributed by atoms with Gasteiger partial charge >= 0.3 is 0 Å². The quantitative estimate of drug-likeness (QED) is 0.916. The third kappa shape index (κ3) is 2.40. The van der Waals surface area contributed by atoms with E-state index in [2.05, 4.69) is 46.7 Å². The Morgan fingerprint density at radius 2 is 2.05 bits per heavy atom. The van der Waals surface area contributed by atoms with Crippen molar-refractivity contribution in [2.75, 3.05) is 26.2 Å². The van der Waals surface area contributed by atoms with Crippen LogP contribution in [0.5, 0.6) is 0 Å². The minimum atomic E-state index is 0.693. The van der Waals surface area contributed by atoms with Gasteiger partial charge in [-0.05, 0) is 56.6 Å². The molecular formula is C16H23N3. The van der Waals surface area contributed by atoms with Crippen molar-refractivity contribution in [2.24, 2.45) is 5.73 Å². The van der Waals surface area contributed by atoms with Crippen LogP contribution in [-0.4, -0.2) is 35.5 Å². The van der Waals surface area contributed by atoms with Gasteiger partial charge in [0, 0.05) is 36.4 Å². The largest absolute Gasteiger partial charge is 0.329 e. The molecule has 3 nitrogen and oxygen atoms in total. The average Bonchev–Trinajstić information content (AvgIpc) is 2.76. The Morgan fingerprint density at radius 3 is 2.79 bits per heavy atom. The summed E-state index contributed by atoms with van der Waals surface area (Å²) in [6.07, 6.45) is 4.70. The van der Waals surface area contributed by atoms with E-state index in [0.717, 1.165) is 13.1 Å². The summed E-state index contributed by atoms with van der Waals surface area (Å²) in [5, 5.41) is 0. The molecule has 2 aromatic heterocycles. The number of nitrogens with zero attached hydrogens (tertiary/aromatic N) is 2. The van der Waals surface area contributed by atoms with Crippen LogP contribution in [0.4, 0.5) is 0 Å². The highest BCUT2D eigenvalue weighted by atomic mass is 15.1. The van der Waals surface area contributed by atoms with Gasteiger partial charge in [-0.15, -0.1) is 0 Å². The Morgan fingerprint density at radius 1 is 1.26 bits per heavy atom. The lowest BCUT2D eigenvalue weighted by atomic mass is 9.91. The zero-order chi connectivity index (χ0) is 13.2. The molecule has 2 N–H and O–H groups in total. The highest BCUT2D eigenvalue weighted by molar-refractivity contribution is 5.53. The third-order valence-electron chi connectivity index (χ3n) is 4.34. The Hall–Kier alpha value is -1.32. The SMILES string of the molecule is Cc1cc2ccccn2c1C1CCN(CCN)CC1. The molecule has 0 bridgehead atoms. The second kappa shape index (κ2) is 5.35. The predicted octanol–water partition coefficient (Wildman–Crippen LogP) is 2.39. The van der Waals surface area contributed by atoms with Gasteiger partial charge in [0.05, 0.1) is 0 Å². The molecule has 2 aromatic rings. The number of pyridine rings is 1. The van der Waals surface area contributed by atoms with Crippen molar-refractivity contribution in [2.45, 2.75) is 25.7 Å². The van der Waals surface area contributed by atoms with Crippen LogP contribution < -0.4 is 5.73 Å². The third-order valence-corrected chi connectivity index (χ3v) is 4.34. The summed E-state index contributed by atoms with van der Waals surface area (Å²) in [6, 6.07) is 8.74. The van der Waals surface area contributed by atoms with Crippen LogP contribution >= 0.6 is 0 Å². The van der Waals surface area contributed by atoms with E-state index in [0.29, 0.717) is 5.92 Å². The van der Waals surface area contributed by atoms with Gasteiger partial charge in [-0.2, -0.15) is 0 Å². The maximum atomic E-state index is 5.64. The lowest BCUT2D eigenvalue weighted by Gasteiger charge is -2.32. The van der Waals surface area contributed by atoms with Crippen LogP contribution in [-0.2, 0) is 0 Å². The Balaban J connectivity index is 1.83. The summed E-state index contributed by atoms with van der Waals surface area (Å²) in [7, 11) is 0. The minimum absolute atomic E-state index is 0.693. The molecule has 3 heteroatoms. The molecule has 1 aliphatic heterocycles. The normalized spacial score (nSPS) is 18.2. The van der Waals surface area contributed by atoms with Crippen molar-refractivity contribution >= 4 is 5.52 Å². The van der Waals surface area contributed by atoms with E-state index in [9.17, 15) is 0 Å². The summed E-state index contributed by atoms with van der Waals surface area (Å²) in [6.45, 7) is 6.43. The monoisotopic (exact) mass is 257 g/mol. The first-order valence-electron chi connectivity index (χ1n) is 7.28. The first-order valence-corrected chi connectivity index (χ1v) is 7.28. The van der Waals surface area contributed by atoms with E-state index in [1.54, 1.807) is 0 Å². The maximum Gasteiger partial charge on any atom is 0.0455 e. The second-order valence-corrected chi connectivity index (χ2v) is 5.61. The van der Waals surface area contributed by atoms with Gasteiger partial charge in [-0.1, -0.05) is 6.07 Å². The molecule has 0 saturated carbocycles. The van der Waals surface area contributed by atoms with Gasteiger partial charge < -0.3 is 15.0 Å². The molecular weight excluding hydrogens is 234 g/mol. The number of nitrogens with two attached hydrogens (primary N) is 1. The van der Waals surface area contributed by atoms with Gasteiger partial charge in [0.25, 0.3) is 0 Å². The highest BCUT2D eigenvalue weighted by Gasteiger charge is 2.23. The van der Waals surface area contributed by atoms with Crippen molar-refractivity contribution in [1.82, 2.24) is 9.30 Å². The van der Waals surface area contributed by atoms with Crippen molar-refractivity contribution in [1.29, 1.82) is 0 Å². The summed E-state index contributed by atoms with van der Waals surface area (Å²) in [5.74, 6) is 0.693. The van der Waals surface area contributed by atoms with E-state index in [4.69, 9.17) is 5.73 Å². The van der Waals surface area contributed by atoms with E-state index < -0.39 is 0 Å². The van der Waals surface area contributed by atoms with Crippen molar-refractivity contribution < 1.29 is 0 Å². The fourth-order valence-electron chi connectivity index (χ4n) is 3.41. The number of aromatic nitrogens is 1. The molecule has 1 fully saturated rings. The maximum absolute atomic E-state index is 5.64. The van der Waals surface area contributed by atoms with Gasteiger partial charge in [0.2, 0.25) is 0 Å². The fraction of sp³-hybridized carbons (Fsp3) is 0.500. The van der Waals surface area contributed by atoms with Crippen LogP contribution in [0.1, 0.15) is 30.0 Å². The summed E-state index contributed by atoms with van der Waals surface area (Å²) in [4.78, 5) is 2.49. The molecule has 0 spiro atoms. The lowest BCUT2D eigenvalue weighted by molar-refractivity contribution is 0.215. The van der Waals surface area contributed by atoms with Gasteiger partial charge in [0.15, 0.2) is 0 Å². The molecule has 3 heterocycles. The van der Waals surface area contributed by atoms with E-state index in [-0.39, 0.29) is 0 Å². The van der Waals surface area contributed by atoms with Crippen LogP contribution in [0.2, 0.25) is 0 Å². The number of aryl methyl sites for hydroxylation is 1. The zero-order valence-corrected chi connectivity index (χ0v) is 11.7. The van der Waals surface area contributed by atoms with Crippen LogP contribution in [0.15, 0.2) is 30.5 Å². The topological polar surface area (TPSA) is 33.7 Å². The number of likely N-dealkylation sites (tertiary alicyclic amines) is 1. The number of piperidine rings is 1. The molecule has 19 heavy (non-hydrogen) atoms. The number of rotatable bonds is 3. The summed E-state index contributed by atoms with van der Waals surface area (Å²) in [5.41, 5.74) is 9.91. The Labute approximate surface area is 115 Å². The van der Waals surface area contributed by atoms with Crippen molar-refractivity contribution in [3.05, 3.63) is 41.7 Å². The van der Waals surface area contributed by atoms with Gasteiger partial charge in [-0.3, -0.25) is 0 Å². The summed E-state index contributed by atoms with van der Waals surface area (Å²) >= 11 is 0. The first-order chi connectivity index (χ1) is 9.29. The molecule has 0 atom stereocenters. The van der Waals surface area contributed by atoms with E-state index >= 15 is 0 Å². The van der Waals surface area contributed by atoms with Crippen molar-refractivity contribution in [3.63, 3.8) is 0 Å². The van der Waals surface area contributed by atoms with Gasteiger partial charge in [0.1, 0.15) is 0 Å². The second-order valence-electron chi connectivity index (χ2n) is 5.61. The number of fused-ring (bicyclic) bond motifs is 1. The molecule has 0 aliphatic carbocycles. The molecule has 102 valence electrons. The van der Waals surface area contributed by atoms with E-state index in [1.807, 2.05) is 0 Å². The zero-order valence-electron chi connectivity index (χ0n) is 11.7.